The fourth-order valence-corrected chi connectivity index (χ4v) is 5.21. The Labute approximate surface area is 224 Å². The van der Waals surface area contributed by atoms with Crippen LogP contribution in [0.15, 0.2) is 85.5 Å². The highest BCUT2D eigenvalue weighted by Gasteiger charge is 2.28. The summed E-state index contributed by atoms with van der Waals surface area (Å²) in [4.78, 5) is 4.51. The zero-order valence-electron chi connectivity index (χ0n) is 20.7. The maximum atomic E-state index is 13.5. The number of nitrogens with one attached hydrogen (secondary N) is 1. The van der Waals surface area contributed by atoms with E-state index in [9.17, 15) is 8.42 Å². The minimum atomic E-state index is -3.95. The number of benzene rings is 3. The van der Waals surface area contributed by atoms with Crippen molar-refractivity contribution in [3.05, 3.63) is 76.8 Å². The lowest BCUT2D eigenvalue weighted by molar-refractivity contribution is 0.340. The van der Waals surface area contributed by atoms with Crippen molar-refractivity contribution in [2.45, 2.75) is 23.3 Å². The maximum absolute atomic E-state index is 13.5. The molecule has 1 aromatic heterocycles. The lowest BCUT2D eigenvalue weighted by Gasteiger charge is -2.10. The number of nitrogens with zero attached hydrogens (tertiary/aromatic N) is 1. The lowest BCUT2D eigenvalue weighted by atomic mass is 10.1. The molecule has 0 unspecified atom stereocenters. The van der Waals surface area contributed by atoms with Crippen LogP contribution >= 0.6 is 15.9 Å². The molecule has 4 rings (SSSR count). The third-order valence-electron chi connectivity index (χ3n) is 5.53. The first-order valence-electron chi connectivity index (χ1n) is 11.5. The van der Waals surface area contributed by atoms with Gasteiger partial charge in [0.1, 0.15) is 5.75 Å². The Hall–Kier alpha value is -3.50. The maximum Gasteiger partial charge on any atom is 0.233 e. The van der Waals surface area contributed by atoms with E-state index in [0.717, 1.165) is 10.0 Å². The Morgan fingerprint density at radius 2 is 1.65 bits per heavy atom. The van der Waals surface area contributed by atoms with Crippen LogP contribution in [0, 0.1) is 0 Å². The van der Waals surface area contributed by atoms with Crippen molar-refractivity contribution in [3.63, 3.8) is 0 Å². The molecule has 1 heterocycles. The van der Waals surface area contributed by atoms with Gasteiger partial charge in [0, 0.05) is 16.6 Å². The Kier molecular flexibility index (Phi) is 8.40. The number of hydrogen-bond acceptors (Lipinski definition) is 8. The molecule has 3 aromatic carbocycles. The van der Waals surface area contributed by atoms with Crippen molar-refractivity contribution in [1.82, 2.24) is 4.98 Å². The smallest absolute Gasteiger partial charge is 0.233 e. The lowest BCUT2D eigenvalue weighted by Crippen LogP contribution is -2.10. The van der Waals surface area contributed by atoms with E-state index in [1.54, 1.807) is 50.6 Å². The zero-order valence-corrected chi connectivity index (χ0v) is 23.1. The van der Waals surface area contributed by atoms with Crippen molar-refractivity contribution in [2.75, 3.05) is 32.7 Å². The second-order valence-electron chi connectivity index (χ2n) is 7.93. The topological polar surface area (TPSA) is 99.9 Å². The molecule has 1 N–H and O–H groups in total. The summed E-state index contributed by atoms with van der Waals surface area (Å²) in [6.45, 7) is 2.85. The average molecular weight is 587 g/mol. The van der Waals surface area contributed by atoms with E-state index < -0.39 is 9.84 Å². The normalized spacial score (nSPS) is 11.2. The summed E-state index contributed by atoms with van der Waals surface area (Å²) < 4.78 is 49.9. The van der Waals surface area contributed by atoms with Gasteiger partial charge in [-0.15, -0.1) is 0 Å². The van der Waals surface area contributed by atoms with Gasteiger partial charge in [-0.1, -0.05) is 22.0 Å². The third-order valence-corrected chi connectivity index (χ3v) is 7.74. The van der Waals surface area contributed by atoms with Crippen molar-refractivity contribution in [3.8, 4) is 28.7 Å². The number of anilines is 1. The van der Waals surface area contributed by atoms with Gasteiger partial charge in [-0.3, -0.25) is 0 Å². The van der Waals surface area contributed by atoms with E-state index in [-0.39, 0.29) is 21.7 Å². The van der Waals surface area contributed by atoms with Crippen LogP contribution in [0.2, 0.25) is 0 Å². The van der Waals surface area contributed by atoms with Gasteiger partial charge in [0.05, 0.1) is 25.7 Å². The summed E-state index contributed by atoms with van der Waals surface area (Å²) >= 11 is 3.34. The molecule has 4 aromatic rings. The monoisotopic (exact) mass is 586 g/mol. The third kappa shape index (κ3) is 6.08. The van der Waals surface area contributed by atoms with Gasteiger partial charge in [0.15, 0.2) is 11.5 Å². The standard InChI is InChI=1S/C27H27BrN2O6S/c1-4-35-21-10-6-19(7-11-21)25-30-27(37(31,32)22-12-8-20(28)9-13-22)26(36-25)29-16-15-18-5-14-23(33-2)24(17-18)34-3/h5-14,17,29H,4,15-16H2,1-3H3. The minimum Gasteiger partial charge on any atom is -0.494 e. The van der Waals surface area contributed by atoms with Crippen molar-refractivity contribution < 1.29 is 27.0 Å². The molecular formula is C27H27BrN2O6S. The fraction of sp³-hybridized carbons (Fsp3) is 0.222. The highest BCUT2D eigenvalue weighted by molar-refractivity contribution is 9.10. The van der Waals surface area contributed by atoms with E-state index in [4.69, 9.17) is 18.6 Å². The molecule has 10 heteroatoms. The molecule has 0 aliphatic rings. The molecule has 0 radical (unpaired) electrons. The molecule has 0 fully saturated rings. The van der Waals surface area contributed by atoms with Crippen molar-refractivity contribution >= 4 is 31.7 Å². The molecule has 194 valence electrons. The molecule has 0 saturated heterocycles. The molecule has 0 saturated carbocycles. The average Bonchev–Trinajstić information content (AvgIpc) is 3.34. The number of ether oxygens (including phenoxy) is 3. The van der Waals surface area contributed by atoms with Crippen LogP contribution in [0.3, 0.4) is 0 Å². The second-order valence-corrected chi connectivity index (χ2v) is 10.7. The van der Waals surface area contributed by atoms with Gasteiger partial charge in [0.2, 0.25) is 26.6 Å². The Morgan fingerprint density at radius 1 is 0.946 bits per heavy atom. The minimum absolute atomic E-state index is 0.0762. The van der Waals surface area contributed by atoms with Gasteiger partial charge in [-0.25, -0.2) is 8.42 Å². The molecule has 0 amide bonds. The highest BCUT2D eigenvalue weighted by Crippen LogP contribution is 2.34. The molecule has 0 aliphatic heterocycles. The summed E-state index contributed by atoms with van der Waals surface area (Å²) in [5, 5.41) is 2.95. The van der Waals surface area contributed by atoms with E-state index in [0.29, 0.717) is 42.4 Å². The van der Waals surface area contributed by atoms with Crippen LogP contribution in [0.25, 0.3) is 11.5 Å². The summed E-state index contributed by atoms with van der Waals surface area (Å²) in [7, 11) is -0.793. The Morgan fingerprint density at radius 3 is 2.30 bits per heavy atom. The number of methoxy groups -OCH3 is 2. The van der Waals surface area contributed by atoms with Gasteiger partial charge in [-0.05, 0) is 79.6 Å². The van der Waals surface area contributed by atoms with E-state index >= 15 is 0 Å². The Bertz CT molecular complexity index is 1450. The Balaban J connectivity index is 1.64. The predicted octanol–water partition coefficient (Wildman–Crippen LogP) is 6.01. The molecular weight excluding hydrogens is 560 g/mol. The number of oxazole rings is 1. The first-order chi connectivity index (χ1) is 17.8. The number of rotatable bonds is 11. The molecule has 0 bridgehead atoms. The quantitative estimate of drug-likeness (QED) is 0.228. The zero-order chi connectivity index (χ0) is 26.4. The van der Waals surface area contributed by atoms with E-state index in [1.807, 2.05) is 25.1 Å². The molecule has 0 spiro atoms. The summed E-state index contributed by atoms with van der Waals surface area (Å²) in [6.07, 6.45) is 0.581. The summed E-state index contributed by atoms with van der Waals surface area (Å²) in [6, 6.07) is 19.2. The first kappa shape index (κ1) is 26.6. The van der Waals surface area contributed by atoms with Crippen molar-refractivity contribution in [2.24, 2.45) is 0 Å². The van der Waals surface area contributed by atoms with E-state index in [2.05, 4.69) is 26.2 Å². The van der Waals surface area contributed by atoms with Gasteiger partial charge < -0.3 is 23.9 Å². The van der Waals surface area contributed by atoms with Crippen molar-refractivity contribution in [1.29, 1.82) is 0 Å². The van der Waals surface area contributed by atoms with Gasteiger partial charge in [-0.2, -0.15) is 4.98 Å². The molecule has 8 nitrogen and oxygen atoms in total. The summed E-state index contributed by atoms with van der Waals surface area (Å²) in [5.41, 5.74) is 1.61. The number of aromatic nitrogens is 1. The van der Waals surface area contributed by atoms with Crippen LogP contribution in [-0.2, 0) is 16.3 Å². The van der Waals surface area contributed by atoms with Crippen LogP contribution in [0.1, 0.15) is 12.5 Å². The number of hydrogen-bond donors (Lipinski definition) is 1. The van der Waals surface area contributed by atoms with Crippen LogP contribution < -0.4 is 19.5 Å². The number of halogens is 1. The summed E-state index contributed by atoms with van der Waals surface area (Å²) in [5.74, 6) is 2.22. The van der Waals surface area contributed by atoms with Crippen LogP contribution in [0.5, 0.6) is 17.2 Å². The molecule has 37 heavy (non-hydrogen) atoms. The SMILES string of the molecule is CCOc1ccc(-c2nc(S(=O)(=O)c3ccc(Br)cc3)c(NCCc3ccc(OC)c(OC)c3)o2)cc1. The molecule has 0 atom stereocenters. The first-order valence-corrected chi connectivity index (χ1v) is 13.8. The number of sulfone groups is 1. The van der Waals surface area contributed by atoms with E-state index in [1.165, 1.54) is 12.1 Å². The molecule has 0 aliphatic carbocycles. The fourth-order valence-electron chi connectivity index (χ4n) is 3.67. The van der Waals surface area contributed by atoms with Crippen LogP contribution in [0.4, 0.5) is 5.88 Å². The highest BCUT2D eigenvalue weighted by atomic mass is 79.9. The van der Waals surface area contributed by atoms with Crippen LogP contribution in [-0.4, -0.2) is 40.8 Å². The van der Waals surface area contributed by atoms with Gasteiger partial charge in [0.25, 0.3) is 0 Å². The second kappa shape index (κ2) is 11.7. The largest absolute Gasteiger partial charge is 0.494 e. The van der Waals surface area contributed by atoms with Gasteiger partial charge >= 0.3 is 0 Å². The predicted molar refractivity (Wildman–Crippen MR) is 144 cm³/mol.